The molecule has 0 heteroatoms. The van der Waals surface area contributed by atoms with Crippen molar-refractivity contribution < 1.29 is 0 Å². The van der Waals surface area contributed by atoms with Gasteiger partial charge in [0.05, 0.1) is 0 Å². The van der Waals surface area contributed by atoms with Gasteiger partial charge in [-0.1, -0.05) is 0 Å². The Morgan fingerprint density at radius 3 is 0.667 bits per heavy atom. The first-order chi connectivity index (χ1) is 6.00. The summed E-state index contributed by atoms with van der Waals surface area (Å²) in [5.74, 6) is 0. The van der Waals surface area contributed by atoms with Crippen molar-refractivity contribution >= 4 is 0 Å². The fourth-order valence-corrected chi connectivity index (χ4v) is 1.52. The minimum absolute atomic E-state index is 1.29. The summed E-state index contributed by atoms with van der Waals surface area (Å²) in [6.45, 7) is 0. The van der Waals surface area contributed by atoms with Gasteiger partial charge >= 0.3 is 0 Å². The standard InChI is InChI=1S/C12H20/c1-2-4-6-8-10-12-11-9-7-5-3-1/h1,6-7,12H,2-5,8-11H2. The molecule has 1 aliphatic carbocycles. The van der Waals surface area contributed by atoms with Crippen LogP contribution in [0.25, 0.3) is 0 Å². The summed E-state index contributed by atoms with van der Waals surface area (Å²) in [4.78, 5) is 0. The predicted molar refractivity (Wildman–Crippen MR) is 54.1 cm³/mol. The average Bonchev–Trinajstić information content (AvgIpc) is 2.05. The van der Waals surface area contributed by atoms with Crippen LogP contribution in [0.3, 0.4) is 0 Å². The lowest BCUT2D eigenvalue weighted by Crippen LogP contribution is -1.88. The highest BCUT2D eigenvalue weighted by molar-refractivity contribution is 4.80. The van der Waals surface area contributed by atoms with E-state index in [4.69, 9.17) is 0 Å². The van der Waals surface area contributed by atoms with Gasteiger partial charge in [0.15, 0.2) is 0 Å². The van der Waals surface area contributed by atoms with Crippen molar-refractivity contribution in [1.29, 1.82) is 0 Å². The lowest BCUT2D eigenvalue weighted by atomic mass is 10.0. The highest BCUT2D eigenvalue weighted by Crippen LogP contribution is 2.13. The lowest BCUT2D eigenvalue weighted by molar-refractivity contribution is 0.714. The summed E-state index contributed by atoms with van der Waals surface area (Å²) in [5.41, 5.74) is 0. The van der Waals surface area contributed by atoms with Crippen molar-refractivity contribution in [2.75, 3.05) is 0 Å². The van der Waals surface area contributed by atoms with Gasteiger partial charge in [0, 0.05) is 0 Å². The van der Waals surface area contributed by atoms with Crippen LogP contribution in [-0.4, -0.2) is 0 Å². The van der Waals surface area contributed by atoms with Crippen molar-refractivity contribution in [2.24, 2.45) is 0 Å². The van der Waals surface area contributed by atoms with E-state index in [0.29, 0.717) is 0 Å². The third kappa shape index (κ3) is 5.62. The summed E-state index contributed by atoms with van der Waals surface area (Å²) in [5, 5.41) is 0. The molecule has 1 fully saturated rings. The number of rotatable bonds is 0. The molecule has 12 heavy (non-hydrogen) atoms. The summed E-state index contributed by atoms with van der Waals surface area (Å²) >= 11 is 0. The number of hydrogen-bond donors (Lipinski definition) is 0. The van der Waals surface area contributed by atoms with E-state index >= 15 is 0 Å². The molecule has 1 aliphatic rings. The molecule has 1 rings (SSSR count). The van der Waals surface area contributed by atoms with E-state index in [1.807, 2.05) is 0 Å². The molecule has 0 bridgehead atoms. The van der Waals surface area contributed by atoms with Gasteiger partial charge in [0.25, 0.3) is 0 Å². The predicted octanol–water partition coefficient (Wildman–Crippen LogP) is 3.94. The molecule has 0 atom stereocenters. The molecule has 0 aromatic rings. The monoisotopic (exact) mass is 164 g/mol. The third-order valence-electron chi connectivity index (χ3n) is 2.30. The van der Waals surface area contributed by atoms with Crippen molar-refractivity contribution in [3.63, 3.8) is 0 Å². The Labute approximate surface area is 77.7 Å². The Morgan fingerprint density at radius 1 is 0.333 bits per heavy atom. The van der Waals surface area contributed by atoms with E-state index in [2.05, 4.69) is 25.7 Å². The first kappa shape index (κ1) is 10.1. The highest BCUT2D eigenvalue weighted by Gasteiger charge is 1.96. The van der Waals surface area contributed by atoms with E-state index < -0.39 is 0 Å². The first-order valence-corrected chi connectivity index (χ1v) is 5.27. The van der Waals surface area contributed by atoms with E-state index in [1.54, 1.807) is 0 Å². The zero-order valence-corrected chi connectivity index (χ0v) is 7.97. The zero-order chi connectivity index (χ0) is 8.49. The second-order valence-corrected chi connectivity index (χ2v) is 3.46. The van der Waals surface area contributed by atoms with Gasteiger partial charge in [-0.3, -0.25) is 0 Å². The average molecular weight is 164 g/mol. The summed E-state index contributed by atoms with van der Waals surface area (Å²) in [6, 6.07) is 0. The molecule has 0 amide bonds. The van der Waals surface area contributed by atoms with Crippen LogP contribution >= 0.6 is 0 Å². The van der Waals surface area contributed by atoms with Crippen LogP contribution in [0.5, 0.6) is 0 Å². The maximum atomic E-state index is 2.43. The summed E-state index contributed by atoms with van der Waals surface area (Å²) in [6.07, 6.45) is 20.0. The van der Waals surface area contributed by atoms with Crippen LogP contribution in [-0.2, 0) is 0 Å². The first-order valence-electron chi connectivity index (χ1n) is 5.27. The van der Waals surface area contributed by atoms with Crippen LogP contribution in [0.2, 0.25) is 0 Å². The van der Waals surface area contributed by atoms with Gasteiger partial charge in [-0.05, 0) is 77.0 Å². The van der Waals surface area contributed by atoms with E-state index in [-0.39, 0.29) is 0 Å². The molecule has 4 radical (unpaired) electrons. The third-order valence-corrected chi connectivity index (χ3v) is 2.30. The van der Waals surface area contributed by atoms with Crippen LogP contribution in [0.15, 0.2) is 0 Å². The quantitative estimate of drug-likeness (QED) is 0.508. The molecule has 0 aromatic heterocycles. The topological polar surface area (TPSA) is 0 Å². The molecule has 0 aromatic carbocycles. The Kier molecular flexibility index (Phi) is 6.42. The van der Waals surface area contributed by atoms with Crippen LogP contribution in [0.1, 0.15) is 51.4 Å². The fraction of sp³-hybridized carbons (Fsp3) is 0.667. The maximum absolute atomic E-state index is 2.43. The largest absolute Gasteiger partial charge is 0.0499 e. The van der Waals surface area contributed by atoms with Gasteiger partial charge in [-0.25, -0.2) is 0 Å². The second kappa shape index (κ2) is 7.64. The molecule has 1 saturated carbocycles. The van der Waals surface area contributed by atoms with E-state index in [1.165, 1.54) is 51.4 Å². The summed E-state index contributed by atoms with van der Waals surface area (Å²) in [7, 11) is 0. The van der Waals surface area contributed by atoms with Crippen LogP contribution < -0.4 is 0 Å². The fourth-order valence-electron chi connectivity index (χ4n) is 1.52. The molecule has 0 aliphatic heterocycles. The molecular formula is C12H20. The molecular weight excluding hydrogens is 144 g/mol. The summed E-state index contributed by atoms with van der Waals surface area (Å²) < 4.78 is 0. The van der Waals surface area contributed by atoms with Gasteiger partial charge in [-0.2, -0.15) is 0 Å². The van der Waals surface area contributed by atoms with Crippen LogP contribution in [0, 0.1) is 25.7 Å². The van der Waals surface area contributed by atoms with Crippen LogP contribution in [0.4, 0.5) is 0 Å². The van der Waals surface area contributed by atoms with Crippen molar-refractivity contribution in [2.45, 2.75) is 51.4 Å². The van der Waals surface area contributed by atoms with E-state index in [0.717, 1.165) is 0 Å². The van der Waals surface area contributed by atoms with Gasteiger partial charge in [0.2, 0.25) is 0 Å². The maximum Gasteiger partial charge on any atom is -0.0386 e. The Morgan fingerprint density at radius 2 is 0.500 bits per heavy atom. The molecule has 68 valence electrons. The highest BCUT2D eigenvalue weighted by atomic mass is 14.0. The van der Waals surface area contributed by atoms with Gasteiger partial charge in [0.1, 0.15) is 0 Å². The molecule has 0 saturated heterocycles. The molecule has 0 heterocycles. The van der Waals surface area contributed by atoms with Crippen molar-refractivity contribution in [1.82, 2.24) is 0 Å². The molecule has 0 unspecified atom stereocenters. The zero-order valence-electron chi connectivity index (χ0n) is 7.97. The Bertz CT molecular complexity index is 43.0. The Hall–Kier alpha value is 0. The molecule has 0 N–H and O–H groups in total. The van der Waals surface area contributed by atoms with Gasteiger partial charge < -0.3 is 0 Å². The molecule has 0 nitrogen and oxygen atoms in total. The minimum atomic E-state index is 1.29. The smallest absolute Gasteiger partial charge is 0.0386 e. The van der Waals surface area contributed by atoms with E-state index in [9.17, 15) is 0 Å². The van der Waals surface area contributed by atoms with Crippen molar-refractivity contribution in [3.8, 4) is 0 Å². The molecule has 0 spiro atoms. The lowest BCUT2D eigenvalue weighted by Gasteiger charge is -2.05. The Balaban J connectivity index is 2.00. The normalized spacial score (nSPS) is 24.0. The minimum Gasteiger partial charge on any atom is -0.0499 e. The van der Waals surface area contributed by atoms with Gasteiger partial charge in [-0.15, -0.1) is 0 Å². The number of hydrogen-bond acceptors (Lipinski definition) is 0. The van der Waals surface area contributed by atoms with Crippen molar-refractivity contribution in [3.05, 3.63) is 25.7 Å². The SMILES string of the molecule is [CH]1CC[CH]CC[CH]CC[CH]CC1. The second-order valence-electron chi connectivity index (χ2n) is 3.46.